The van der Waals surface area contributed by atoms with E-state index in [0.717, 1.165) is 24.0 Å². The number of benzene rings is 1. The van der Waals surface area contributed by atoms with Crippen molar-refractivity contribution in [3.63, 3.8) is 0 Å². The molecule has 1 aliphatic heterocycles. The van der Waals surface area contributed by atoms with Gasteiger partial charge in [0.05, 0.1) is 0 Å². The lowest BCUT2D eigenvalue weighted by molar-refractivity contribution is 0.139. The molecule has 1 aliphatic rings. The van der Waals surface area contributed by atoms with Crippen molar-refractivity contribution in [2.24, 2.45) is 5.73 Å². The van der Waals surface area contributed by atoms with Crippen molar-refractivity contribution in [2.45, 2.75) is 32.7 Å². The van der Waals surface area contributed by atoms with E-state index in [1.165, 1.54) is 0 Å². The molecule has 18 heavy (non-hydrogen) atoms. The van der Waals surface area contributed by atoms with Crippen molar-refractivity contribution in [1.82, 2.24) is 4.90 Å². The fourth-order valence-corrected chi connectivity index (χ4v) is 2.06. The van der Waals surface area contributed by atoms with Gasteiger partial charge in [0, 0.05) is 19.1 Å². The first kappa shape index (κ1) is 12.9. The molecule has 1 heterocycles. The highest BCUT2D eigenvalue weighted by atomic mass is 16.6. The predicted molar refractivity (Wildman–Crippen MR) is 70.7 cm³/mol. The third kappa shape index (κ3) is 3.01. The highest BCUT2D eigenvalue weighted by Crippen LogP contribution is 2.20. The zero-order valence-electron chi connectivity index (χ0n) is 11.0. The number of likely N-dealkylation sites (tertiary alicyclic amines) is 1. The Kier molecular flexibility index (Phi) is 3.87. The first-order chi connectivity index (χ1) is 8.56. The Hall–Kier alpha value is -1.55. The second-order valence-electron chi connectivity index (χ2n) is 4.96. The van der Waals surface area contributed by atoms with E-state index in [0.29, 0.717) is 18.8 Å². The van der Waals surface area contributed by atoms with Crippen molar-refractivity contribution in [3.8, 4) is 5.75 Å². The molecule has 4 heteroatoms. The molecule has 0 aromatic heterocycles. The smallest absolute Gasteiger partial charge is 0.410 e. The Morgan fingerprint density at radius 3 is 2.67 bits per heavy atom. The van der Waals surface area contributed by atoms with E-state index in [1.54, 1.807) is 4.90 Å². The van der Waals surface area contributed by atoms with Crippen LogP contribution < -0.4 is 10.5 Å². The summed E-state index contributed by atoms with van der Waals surface area (Å²) in [6.07, 6.45) is 1.43. The summed E-state index contributed by atoms with van der Waals surface area (Å²) in [7, 11) is 0. The number of piperidine rings is 1. The monoisotopic (exact) mass is 248 g/mol. The molecule has 98 valence electrons. The molecule has 4 nitrogen and oxygen atoms in total. The van der Waals surface area contributed by atoms with Gasteiger partial charge in [-0.05, 0) is 43.9 Å². The minimum absolute atomic E-state index is 0.217. The maximum Gasteiger partial charge on any atom is 0.415 e. The van der Waals surface area contributed by atoms with E-state index in [4.69, 9.17) is 10.5 Å². The summed E-state index contributed by atoms with van der Waals surface area (Å²) in [6, 6.07) is 6.08. The van der Waals surface area contributed by atoms with Crippen molar-refractivity contribution < 1.29 is 9.53 Å². The Morgan fingerprint density at radius 1 is 1.33 bits per heavy atom. The first-order valence-electron chi connectivity index (χ1n) is 6.36. The number of amides is 1. The van der Waals surface area contributed by atoms with Gasteiger partial charge in [0.1, 0.15) is 5.75 Å². The molecule has 1 aromatic rings. The Balaban J connectivity index is 2.00. The zero-order chi connectivity index (χ0) is 13.1. The standard InChI is InChI=1S/C14H20N2O2/c1-10-3-4-11(2)13(9-10)18-14(17)16-7-5-12(15)6-8-16/h3-4,9,12H,5-8,15H2,1-2H3. The molecule has 0 unspecified atom stereocenters. The molecule has 0 saturated carbocycles. The van der Waals surface area contributed by atoms with Gasteiger partial charge in [-0.3, -0.25) is 0 Å². The number of nitrogens with two attached hydrogens (primary N) is 1. The summed E-state index contributed by atoms with van der Waals surface area (Å²) >= 11 is 0. The lowest BCUT2D eigenvalue weighted by Crippen LogP contribution is -2.44. The van der Waals surface area contributed by atoms with Gasteiger partial charge >= 0.3 is 6.09 Å². The molecule has 0 radical (unpaired) electrons. The van der Waals surface area contributed by atoms with Gasteiger partial charge in [0.2, 0.25) is 0 Å². The molecule has 1 saturated heterocycles. The van der Waals surface area contributed by atoms with E-state index >= 15 is 0 Å². The molecule has 1 fully saturated rings. The molecule has 2 N–H and O–H groups in total. The quantitative estimate of drug-likeness (QED) is 0.829. The molecule has 1 aromatic carbocycles. The van der Waals surface area contributed by atoms with E-state index in [9.17, 15) is 4.79 Å². The average molecular weight is 248 g/mol. The molecule has 1 amide bonds. The van der Waals surface area contributed by atoms with E-state index in [2.05, 4.69) is 0 Å². The number of hydrogen-bond donors (Lipinski definition) is 1. The van der Waals surface area contributed by atoms with Crippen LogP contribution in [0.15, 0.2) is 18.2 Å². The highest BCUT2D eigenvalue weighted by molar-refractivity contribution is 5.71. The second-order valence-corrected chi connectivity index (χ2v) is 4.96. The third-order valence-electron chi connectivity index (χ3n) is 3.34. The molecule has 0 atom stereocenters. The fourth-order valence-electron chi connectivity index (χ4n) is 2.06. The van der Waals surface area contributed by atoms with Crippen LogP contribution >= 0.6 is 0 Å². The average Bonchev–Trinajstić information content (AvgIpc) is 2.34. The number of hydrogen-bond acceptors (Lipinski definition) is 3. The van der Waals surface area contributed by atoms with Crippen LogP contribution in [0.3, 0.4) is 0 Å². The van der Waals surface area contributed by atoms with E-state index in [1.807, 2.05) is 32.0 Å². The Bertz CT molecular complexity index is 437. The van der Waals surface area contributed by atoms with Crippen LogP contribution in [-0.4, -0.2) is 30.1 Å². The van der Waals surface area contributed by atoms with Crippen LogP contribution in [0.1, 0.15) is 24.0 Å². The van der Waals surface area contributed by atoms with Crippen LogP contribution in [0.25, 0.3) is 0 Å². The van der Waals surface area contributed by atoms with E-state index < -0.39 is 0 Å². The molecular formula is C14H20N2O2. The SMILES string of the molecule is Cc1ccc(C)c(OC(=O)N2CCC(N)CC2)c1. The highest BCUT2D eigenvalue weighted by Gasteiger charge is 2.22. The van der Waals surface area contributed by atoms with Gasteiger partial charge in [-0.25, -0.2) is 4.79 Å². The maximum absolute atomic E-state index is 12.0. The lowest BCUT2D eigenvalue weighted by atomic mass is 10.1. The van der Waals surface area contributed by atoms with Crippen LogP contribution in [0.2, 0.25) is 0 Å². The summed E-state index contributed by atoms with van der Waals surface area (Å²) < 4.78 is 5.45. The van der Waals surface area contributed by atoms with Gasteiger partial charge in [0.15, 0.2) is 0 Å². The molecule has 0 bridgehead atoms. The van der Waals surface area contributed by atoms with Crippen molar-refractivity contribution >= 4 is 6.09 Å². The van der Waals surface area contributed by atoms with Crippen molar-refractivity contribution in [1.29, 1.82) is 0 Å². The van der Waals surface area contributed by atoms with Gasteiger partial charge in [-0.1, -0.05) is 12.1 Å². The van der Waals surface area contributed by atoms with Gasteiger partial charge in [0.25, 0.3) is 0 Å². The minimum atomic E-state index is -0.268. The predicted octanol–water partition coefficient (Wildman–Crippen LogP) is 2.23. The summed E-state index contributed by atoms with van der Waals surface area (Å²) in [5, 5.41) is 0. The zero-order valence-corrected chi connectivity index (χ0v) is 11.0. The third-order valence-corrected chi connectivity index (χ3v) is 3.34. The van der Waals surface area contributed by atoms with Crippen molar-refractivity contribution in [3.05, 3.63) is 29.3 Å². The molecular weight excluding hydrogens is 228 g/mol. The summed E-state index contributed by atoms with van der Waals surface area (Å²) in [4.78, 5) is 13.7. The Morgan fingerprint density at radius 2 is 2.00 bits per heavy atom. The van der Waals surface area contributed by atoms with Gasteiger partial charge in [-0.15, -0.1) is 0 Å². The number of rotatable bonds is 1. The van der Waals surface area contributed by atoms with E-state index in [-0.39, 0.29) is 12.1 Å². The van der Waals surface area contributed by atoms with Crippen LogP contribution in [0, 0.1) is 13.8 Å². The number of aryl methyl sites for hydroxylation is 2. The maximum atomic E-state index is 12.0. The Labute approximate surface area is 108 Å². The summed E-state index contributed by atoms with van der Waals surface area (Å²) in [5.41, 5.74) is 7.88. The topological polar surface area (TPSA) is 55.6 Å². The number of carbonyl (C=O) groups is 1. The largest absolute Gasteiger partial charge is 0.415 e. The lowest BCUT2D eigenvalue weighted by Gasteiger charge is -2.29. The van der Waals surface area contributed by atoms with Crippen LogP contribution in [-0.2, 0) is 0 Å². The number of carbonyl (C=O) groups excluding carboxylic acids is 1. The number of nitrogens with zero attached hydrogens (tertiary/aromatic N) is 1. The van der Waals surface area contributed by atoms with Crippen molar-refractivity contribution in [2.75, 3.05) is 13.1 Å². The fraction of sp³-hybridized carbons (Fsp3) is 0.500. The first-order valence-corrected chi connectivity index (χ1v) is 6.36. The normalized spacial score (nSPS) is 16.7. The van der Waals surface area contributed by atoms with Crippen LogP contribution in [0.4, 0.5) is 4.79 Å². The second kappa shape index (κ2) is 5.40. The molecule has 0 spiro atoms. The molecule has 0 aliphatic carbocycles. The van der Waals surface area contributed by atoms with Crippen LogP contribution in [0.5, 0.6) is 5.75 Å². The number of ether oxygens (including phenoxy) is 1. The van der Waals surface area contributed by atoms with Gasteiger partial charge < -0.3 is 15.4 Å². The van der Waals surface area contributed by atoms with Gasteiger partial charge in [-0.2, -0.15) is 0 Å². The minimum Gasteiger partial charge on any atom is -0.410 e. The molecule has 2 rings (SSSR count). The summed E-state index contributed by atoms with van der Waals surface area (Å²) in [6.45, 7) is 5.29. The summed E-state index contributed by atoms with van der Waals surface area (Å²) in [5.74, 6) is 0.648.